The summed E-state index contributed by atoms with van der Waals surface area (Å²) in [5, 5.41) is 13.5. The smallest absolute Gasteiger partial charge is 0.412 e. The van der Waals surface area contributed by atoms with Gasteiger partial charge in [-0.05, 0) is 44.0 Å². The molecule has 0 unspecified atom stereocenters. The van der Waals surface area contributed by atoms with E-state index in [1.807, 2.05) is 6.07 Å². The molecule has 138 valence electrons. The average molecular weight is 358 g/mol. The summed E-state index contributed by atoms with van der Waals surface area (Å²) >= 11 is 0. The van der Waals surface area contributed by atoms with Crippen molar-refractivity contribution in [1.29, 1.82) is 0 Å². The maximum atomic E-state index is 11.8. The molecular weight excluding hydrogens is 336 g/mol. The minimum absolute atomic E-state index is 0.0367. The van der Waals surface area contributed by atoms with Gasteiger partial charge in [0.1, 0.15) is 5.60 Å². The Labute approximate surface area is 152 Å². The standard InChI is InChI=1S/C19H22N2O5/c1-19(2,3)26-18(22)20-16-8-4-6-14(10-16)12-25-13-15-7-5-9-17(11-15)21(23)24/h4-11H,12-13H2,1-3H3,(H,20,22). The van der Waals surface area contributed by atoms with Crippen LogP contribution in [-0.4, -0.2) is 16.6 Å². The molecule has 0 aliphatic rings. The van der Waals surface area contributed by atoms with Gasteiger partial charge in [-0.3, -0.25) is 15.4 Å². The normalized spacial score (nSPS) is 11.0. The van der Waals surface area contributed by atoms with Crippen LogP contribution in [0.15, 0.2) is 48.5 Å². The van der Waals surface area contributed by atoms with Gasteiger partial charge in [0.2, 0.25) is 0 Å². The lowest BCUT2D eigenvalue weighted by molar-refractivity contribution is -0.385. The van der Waals surface area contributed by atoms with Gasteiger partial charge in [0.25, 0.3) is 5.69 Å². The molecule has 0 heterocycles. The molecular formula is C19H22N2O5. The van der Waals surface area contributed by atoms with Gasteiger partial charge in [0, 0.05) is 17.8 Å². The first-order valence-corrected chi connectivity index (χ1v) is 8.13. The van der Waals surface area contributed by atoms with Crippen LogP contribution in [0.25, 0.3) is 0 Å². The molecule has 0 saturated carbocycles. The minimum Gasteiger partial charge on any atom is -0.444 e. The zero-order valence-corrected chi connectivity index (χ0v) is 15.0. The molecule has 0 spiro atoms. The topological polar surface area (TPSA) is 90.7 Å². The molecule has 0 atom stereocenters. The summed E-state index contributed by atoms with van der Waals surface area (Å²) in [6.45, 7) is 5.96. The molecule has 0 fully saturated rings. The van der Waals surface area contributed by atoms with Crippen LogP contribution in [0, 0.1) is 10.1 Å². The van der Waals surface area contributed by atoms with E-state index in [0.717, 1.165) is 11.1 Å². The molecule has 7 heteroatoms. The number of amides is 1. The fourth-order valence-corrected chi connectivity index (χ4v) is 2.21. The Balaban J connectivity index is 1.89. The van der Waals surface area contributed by atoms with Crippen molar-refractivity contribution in [2.24, 2.45) is 0 Å². The van der Waals surface area contributed by atoms with Crippen molar-refractivity contribution in [3.05, 3.63) is 69.8 Å². The van der Waals surface area contributed by atoms with E-state index >= 15 is 0 Å². The van der Waals surface area contributed by atoms with Crippen LogP contribution in [0.5, 0.6) is 0 Å². The molecule has 2 rings (SSSR count). The first-order valence-electron chi connectivity index (χ1n) is 8.13. The zero-order chi connectivity index (χ0) is 19.2. The number of nitrogens with zero attached hydrogens (tertiary/aromatic N) is 1. The van der Waals surface area contributed by atoms with Crippen LogP contribution >= 0.6 is 0 Å². The van der Waals surface area contributed by atoms with Crippen LogP contribution < -0.4 is 5.32 Å². The maximum Gasteiger partial charge on any atom is 0.412 e. The lowest BCUT2D eigenvalue weighted by atomic mass is 10.2. The number of ether oxygens (including phenoxy) is 2. The monoisotopic (exact) mass is 358 g/mol. The maximum absolute atomic E-state index is 11.8. The highest BCUT2D eigenvalue weighted by Gasteiger charge is 2.16. The fourth-order valence-electron chi connectivity index (χ4n) is 2.21. The number of hydrogen-bond donors (Lipinski definition) is 1. The fraction of sp³-hybridized carbons (Fsp3) is 0.316. The Morgan fingerprint density at radius 2 is 1.69 bits per heavy atom. The first-order chi connectivity index (χ1) is 12.2. The summed E-state index contributed by atoms with van der Waals surface area (Å²) in [5.41, 5.74) is 1.67. The Morgan fingerprint density at radius 3 is 2.31 bits per heavy atom. The molecule has 1 amide bonds. The van der Waals surface area contributed by atoms with Crippen molar-refractivity contribution in [2.45, 2.75) is 39.6 Å². The minimum atomic E-state index is -0.566. The third-order valence-electron chi connectivity index (χ3n) is 3.23. The quantitative estimate of drug-likeness (QED) is 0.599. The number of non-ortho nitro benzene ring substituents is 1. The number of rotatable bonds is 6. The number of benzene rings is 2. The molecule has 0 bridgehead atoms. The van der Waals surface area contributed by atoms with Gasteiger partial charge in [0.15, 0.2) is 0 Å². The summed E-state index contributed by atoms with van der Waals surface area (Å²) in [7, 11) is 0. The van der Waals surface area contributed by atoms with E-state index in [9.17, 15) is 14.9 Å². The summed E-state index contributed by atoms with van der Waals surface area (Å²) in [6, 6.07) is 13.5. The molecule has 0 saturated heterocycles. The van der Waals surface area contributed by atoms with E-state index in [1.165, 1.54) is 12.1 Å². The number of hydrogen-bond acceptors (Lipinski definition) is 5. The summed E-state index contributed by atoms with van der Waals surface area (Å²) in [5.74, 6) is 0. The average Bonchev–Trinajstić information content (AvgIpc) is 2.53. The lowest BCUT2D eigenvalue weighted by Crippen LogP contribution is -2.27. The third kappa shape index (κ3) is 6.52. The molecule has 26 heavy (non-hydrogen) atoms. The second-order valence-electron chi connectivity index (χ2n) is 6.75. The van der Waals surface area contributed by atoms with Gasteiger partial charge < -0.3 is 9.47 Å². The SMILES string of the molecule is CC(C)(C)OC(=O)Nc1cccc(COCc2cccc([N+](=O)[O-])c2)c1. The van der Waals surface area contributed by atoms with E-state index < -0.39 is 16.6 Å². The number of nitrogens with one attached hydrogen (secondary N) is 1. The molecule has 0 aliphatic heterocycles. The van der Waals surface area contributed by atoms with Crippen molar-refractivity contribution >= 4 is 17.5 Å². The molecule has 1 N–H and O–H groups in total. The highest BCUT2D eigenvalue weighted by Crippen LogP contribution is 2.16. The highest BCUT2D eigenvalue weighted by atomic mass is 16.6. The van der Waals surface area contributed by atoms with Crippen LogP contribution in [0.2, 0.25) is 0 Å². The van der Waals surface area contributed by atoms with Crippen molar-refractivity contribution in [3.63, 3.8) is 0 Å². The van der Waals surface area contributed by atoms with Crippen LogP contribution in [-0.2, 0) is 22.7 Å². The van der Waals surface area contributed by atoms with E-state index in [-0.39, 0.29) is 12.3 Å². The van der Waals surface area contributed by atoms with Gasteiger partial charge in [-0.25, -0.2) is 4.79 Å². The predicted molar refractivity (Wildman–Crippen MR) is 97.9 cm³/mol. The molecule has 0 aromatic heterocycles. The number of anilines is 1. The van der Waals surface area contributed by atoms with Crippen LogP contribution in [0.4, 0.5) is 16.2 Å². The zero-order valence-electron chi connectivity index (χ0n) is 15.0. The molecule has 2 aromatic rings. The van der Waals surface area contributed by atoms with E-state index in [2.05, 4.69) is 5.32 Å². The number of carbonyl (C=O) groups is 1. The van der Waals surface area contributed by atoms with Gasteiger partial charge in [-0.2, -0.15) is 0 Å². The Bertz CT molecular complexity index is 783. The Hall–Kier alpha value is -2.93. The third-order valence-corrected chi connectivity index (χ3v) is 3.23. The highest BCUT2D eigenvalue weighted by molar-refractivity contribution is 5.84. The van der Waals surface area contributed by atoms with Gasteiger partial charge in [0.05, 0.1) is 18.1 Å². The lowest BCUT2D eigenvalue weighted by Gasteiger charge is -2.19. The largest absolute Gasteiger partial charge is 0.444 e. The summed E-state index contributed by atoms with van der Waals surface area (Å²) in [4.78, 5) is 22.2. The van der Waals surface area contributed by atoms with E-state index in [1.54, 1.807) is 51.1 Å². The number of nitro groups is 1. The van der Waals surface area contributed by atoms with Gasteiger partial charge in [-0.1, -0.05) is 24.3 Å². The summed E-state index contributed by atoms with van der Waals surface area (Å²) in [6.07, 6.45) is -0.521. The van der Waals surface area contributed by atoms with Crippen LogP contribution in [0.1, 0.15) is 31.9 Å². The molecule has 7 nitrogen and oxygen atoms in total. The van der Waals surface area contributed by atoms with Crippen LogP contribution in [0.3, 0.4) is 0 Å². The molecule has 0 aliphatic carbocycles. The molecule has 2 aromatic carbocycles. The van der Waals surface area contributed by atoms with E-state index in [4.69, 9.17) is 9.47 Å². The predicted octanol–water partition coefficient (Wildman–Crippen LogP) is 4.66. The Kier molecular flexibility index (Phi) is 6.30. The number of carbonyl (C=O) groups excluding carboxylic acids is 1. The van der Waals surface area contributed by atoms with E-state index in [0.29, 0.717) is 12.3 Å². The van der Waals surface area contributed by atoms with Gasteiger partial charge in [-0.15, -0.1) is 0 Å². The van der Waals surface area contributed by atoms with Gasteiger partial charge >= 0.3 is 6.09 Å². The van der Waals surface area contributed by atoms with Crippen molar-refractivity contribution < 1.29 is 19.2 Å². The second-order valence-corrected chi connectivity index (χ2v) is 6.75. The second kappa shape index (κ2) is 8.44. The first kappa shape index (κ1) is 19.4. The van der Waals surface area contributed by atoms with Crippen molar-refractivity contribution in [1.82, 2.24) is 0 Å². The Morgan fingerprint density at radius 1 is 1.08 bits per heavy atom. The molecule has 0 radical (unpaired) electrons. The van der Waals surface area contributed by atoms with Crippen molar-refractivity contribution in [2.75, 3.05) is 5.32 Å². The number of nitro benzene ring substituents is 1. The summed E-state index contributed by atoms with van der Waals surface area (Å²) < 4.78 is 10.8. The van der Waals surface area contributed by atoms with Crippen molar-refractivity contribution in [3.8, 4) is 0 Å².